The Bertz CT molecular complexity index is 585. The third-order valence-corrected chi connectivity index (χ3v) is 4.43. The first-order valence-corrected chi connectivity index (χ1v) is 6.84. The van der Waals surface area contributed by atoms with E-state index in [1.165, 1.54) is 27.8 Å². The molecule has 3 nitrogen and oxygen atoms in total. The van der Waals surface area contributed by atoms with Crippen molar-refractivity contribution in [1.82, 2.24) is 9.97 Å². The molecule has 0 bridgehead atoms. The first-order valence-electron chi connectivity index (χ1n) is 6.84. The molecule has 1 N–H and O–H groups in total. The normalized spacial score (nSPS) is 11.6. The summed E-state index contributed by atoms with van der Waals surface area (Å²) in [7, 11) is 2.09. The van der Waals surface area contributed by atoms with E-state index in [0.29, 0.717) is 0 Å². The molecule has 0 atom stereocenters. The van der Waals surface area contributed by atoms with E-state index in [2.05, 4.69) is 65.4 Å². The van der Waals surface area contributed by atoms with Gasteiger partial charge in [0.1, 0.15) is 0 Å². The van der Waals surface area contributed by atoms with Crippen molar-refractivity contribution in [1.29, 1.82) is 0 Å². The van der Waals surface area contributed by atoms with Gasteiger partial charge in [0, 0.05) is 12.6 Å². The number of aromatic amines is 1. The Hall–Kier alpha value is -1.51. The molecule has 0 amide bonds. The summed E-state index contributed by atoms with van der Waals surface area (Å²) in [4.78, 5) is 10.5. The summed E-state index contributed by atoms with van der Waals surface area (Å²) < 4.78 is 0. The topological polar surface area (TPSA) is 31.9 Å². The lowest BCUT2D eigenvalue weighted by molar-refractivity contribution is 0.530. The van der Waals surface area contributed by atoms with Crippen molar-refractivity contribution in [2.24, 2.45) is 0 Å². The average Bonchev–Trinajstić information content (AvgIpc) is 2.76. The van der Waals surface area contributed by atoms with Gasteiger partial charge in [-0.25, -0.2) is 4.98 Å². The zero-order valence-electron chi connectivity index (χ0n) is 13.4. The molecule has 1 heterocycles. The molecule has 0 aliphatic carbocycles. The van der Waals surface area contributed by atoms with Crippen molar-refractivity contribution in [3.8, 4) is 0 Å². The molecule has 0 radical (unpaired) electrons. The molecule has 112 valence electrons. The summed E-state index contributed by atoms with van der Waals surface area (Å²) in [6, 6.07) is 0. The first kappa shape index (κ1) is 16.5. The summed E-state index contributed by atoms with van der Waals surface area (Å²) in [6.45, 7) is 15.3. The van der Waals surface area contributed by atoms with Gasteiger partial charge in [-0.3, -0.25) is 0 Å². The number of H-pyrrole nitrogens is 1. The molecule has 0 aliphatic heterocycles. The number of benzene rings is 1. The van der Waals surface area contributed by atoms with Gasteiger partial charge in [0.15, 0.2) is 0 Å². The zero-order valence-corrected chi connectivity index (χ0v) is 13.4. The number of aromatic nitrogens is 2. The lowest BCUT2D eigenvalue weighted by Gasteiger charge is -2.31. The minimum atomic E-state index is 0. The van der Waals surface area contributed by atoms with Crippen LogP contribution >= 0.6 is 0 Å². The molecule has 0 saturated heterocycles. The summed E-state index contributed by atoms with van der Waals surface area (Å²) >= 11 is 0. The molecular formula is C17H29N3. The van der Waals surface area contributed by atoms with E-state index >= 15 is 0 Å². The van der Waals surface area contributed by atoms with Crippen molar-refractivity contribution in [2.75, 3.05) is 11.9 Å². The molecule has 0 unspecified atom stereocenters. The maximum Gasteiger partial charge on any atom is 0.204 e. The first-order chi connectivity index (χ1) is 8.64. The zero-order chi connectivity index (χ0) is 14.5. The third kappa shape index (κ3) is 2.41. The third-order valence-electron chi connectivity index (χ3n) is 4.43. The summed E-state index contributed by atoms with van der Waals surface area (Å²) in [5, 5.41) is 0. The number of fused-ring (bicyclic) bond motifs is 1. The molecule has 0 fully saturated rings. The highest BCUT2D eigenvalue weighted by molar-refractivity contribution is 5.86. The maximum absolute atomic E-state index is 4.81. The van der Waals surface area contributed by atoms with Gasteiger partial charge in [-0.2, -0.15) is 0 Å². The molecule has 1 aromatic heterocycles. The standard InChI is InChI=1S/C16H25N3.CH4/c1-9-10(2)12(4)14-13(11(9)3)17-15(18-14)19(8)16(5,6)7;/h1-8H3,(H,17,18);1H4. The van der Waals surface area contributed by atoms with Crippen LogP contribution in [0, 0.1) is 27.7 Å². The van der Waals surface area contributed by atoms with Gasteiger partial charge in [-0.1, -0.05) is 7.43 Å². The van der Waals surface area contributed by atoms with Crippen molar-refractivity contribution in [2.45, 2.75) is 61.4 Å². The van der Waals surface area contributed by atoms with Gasteiger partial charge >= 0.3 is 0 Å². The Balaban J connectivity index is 0.00000200. The van der Waals surface area contributed by atoms with E-state index < -0.39 is 0 Å². The number of nitrogens with zero attached hydrogens (tertiary/aromatic N) is 2. The fraction of sp³-hybridized carbons (Fsp3) is 0.588. The number of imidazole rings is 1. The predicted molar refractivity (Wildman–Crippen MR) is 89.9 cm³/mol. The van der Waals surface area contributed by atoms with Gasteiger partial charge in [0.05, 0.1) is 11.0 Å². The van der Waals surface area contributed by atoms with Crippen LogP contribution in [0.25, 0.3) is 11.0 Å². The van der Waals surface area contributed by atoms with Gasteiger partial charge in [0.2, 0.25) is 5.95 Å². The van der Waals surface area contributed by atoms with Crippen LogP contribution in [0.3, 0.4) is 0 Å². The Labute approximate surface area is 123 Å². The Kier molecular flexibility index (Phi) is 4.23. The molecule has 0 spiro atoms. The number of hydrogen-bond acceptors (Lipinski definition) is 2. The van der Waals surface area contributed by atoms with E-state index in [9.17, 15) is 0 Å². The van der Waals surface area contributed by atoms with Crippen LogP contribution in [0.2, 0.25) is 0 Å². The highest BCUT2D eigenvalue weighted by Gasteiger charge is 2.22. The largest absolute Gasteiger partial charge is 0.341 e. The molecule has 1 aromatic carbocycles. The van der Waals surface area contributed by atoms with E-state index in [0.717, 1.165) is 11.5 Å². The molecule has 20 heavy (non-hydrogen) atoms. The summed E-state index contributed by atoms with van der Waals surface area (Å²) in [5.41, 5.74) is 7.63. The Morgan fingerprint density at radius 2 is 1.40 bits per heavy atom. The van der Waals surface area contributed by atoms with Crippen molar-refractivity contribution < 1.29 is 0 Å². The average molecular weight is 275 g/mol. The Morgan fingerprint density at radius 3 is 1.90 bits per heavy atom. The van der Waals surface area contributed by atoms with Crippen LogP contribution in [0.15, 0.2) is 0 Å². The molecule has 2 aromatic rings. The number of anilines is 1. The highest BCUT2D eigenvalue weighted by atomic mass is 15.3. The Morgan fingerprint density at radius 1 is 0.900 bits per heavy atom. The lowest BCUT2D eigenvalue weighted by Crippen LogP contribution is -2.38. The van der Waals surface area contributed by atoms with Crippen LogP contribution < -0.4 is 4.90 Å². The smallest absolute Gasteiger partial charge is 0.204 e. The number of nitrogens with one attached hydrogen (secondary N) is 1. The second-order valence-electron chi connectivity index (χ2n) is 6.51. The van der Waals surface area contributed by atoms with Crippen LogP contribution in [0.1, 0.15) is 50.5 Å². The fourth-order valence-corrected chi connectivity index (χ4v) is 2.31. The van der Waals surface area contributed by atoms with Crippen LogP contribution in [0.4, 0.5) is 5.95 Å². The summed E-state index contributed by atoms with van der Waals surface area (Å²) in [6.07, 6.45) is 0. The van der Waals surface area contributed by atoms with Crippen molar-refractivity contribution in [3.63, 3.8) is 0 Å². The van der Waals surface area contributed by atoms with Crippen LogP contribution in [-0.2, 0) is 0 Å². The maximum atomic E-state index is 4.81. The number of hydrogen-bond donors (Lipinski definition) is 1. The second kappa shape index (κ2) is 5.12. The minimum absolute atomic E-state index is 0. The van der Waals surface area contributed by atoms with Gasteiger partial charge in [-0.15, -0.1) is 0 Å². The van der Waals surface area contributed by atoms with E-state index in [-0.39, 0.29) is 13.0 Å². The van der Waals surface area contributed by atoms with Crippen molar-refractivity contribution >= 4 is 17.0 Å². The highest BCUT2D eigenvalue weighted by Crippen LogP contribution is 2.30. The van der Waals surface area contributed by atoms with E-state index in [1.54, 1.807) is 0 Å². The predicted octanol–water partition coefficient (Wildman–Crippen LogP) is 4.67. The lowest BCUT2D eigenvalue weighted by atomic mass is 9.98. The SMILES string of the molecule is C.Cc1c(C)c(C)c2[nH]c(N(C)C(C)(C)C)nc2c1C. The van der Waals surface area contributed by atoms with Crippen molar-refractivity contribution in [3.05, 3.63) is 22.3 Å². The fourth-order valence-electron chi connectivity index (χ4n) is 2.31. The van der Waals surface area contributed by atoms with Gasteiger partial charge < -0.3 is 9.88 Å². The van der Waals surface area contributed by atoms with Crippen LogP contribution in [-0.4, -0.2) is 22.6 Å². The molecule has 0 saturated carbocycles. The summed E-state index contributed by atoms with van der Waals surface area (Å²) in [5.74, 6) is 0.943. The van der Waals surface area contributed by atoms with E-state index in [1.807, 2.05) is 0 Å². The number of aryl methyl sites for hydroxylation is 2. The molecule has 2 rings (SSSR count). The second-order valence-corrected chi connectivity index (χ2v) is 6.51. The molecular weight excluding hydrogens is 246 g/mol. The van der Waals surface area contributed by atoms with Crippen LogP contribution in [0.5, 0.6) is 0 Å². The number of rotatable bonds is 1. The minimum Gasteiger partial charge on any atom is -0.341 e. The quantitative estimate of drug-likeness (QED) is 0.820. The van der Waals surface area contributed by atoms with Gasteiger partial charge in [-0.05, 0) is 70.7 Å². The van der Waals surface area contributed by atoms with E-state index in [4.69, 9.17) is 4.98 Å². The molecule has 0 aliphatic rings. The molecule has 3 heteroatoms. The monoisotopic (exact) mass is 275 g/mol. The van der Waals surface area contributed by atoms with Gasteiger partial charge in [0.25, 0.3) is 0 Å².